The number of benzene rings is 2. The summed E-state index contributed by atoms with van der Waals surface area (Å²) in [4.78, 5) is 4.71. The quantitative estimate of drug-likeness (QED) is 0.656. The fourth-order valence-electron chi connectivity index (χ4n) is 2.66. The normalized spacial score (nSPS) is 11.5. The van der Waals surface area contributed by atoms with Crippen molar-refractivity contribution in [2.24, 2.45) is 5.92 Å². The highest BCUT2D eigenvalue weighted by Crippen LogP contribution is 2.24. The third kappa shape index (κ3) is 2.86. The van der Waals surface area contributed by atoms with Gasteiger partial charge in [0, 0.05) is 17.0 Å². The number of hydrogen-bond acceptors (Lipinski definition) is 1. The lowest BCUT2D eigenvalue weighted by molar-refractivity contribution is 0.575. The van der Waals surface area contributed by atoms with Crippen LogP contribution in [-0.4, -0.2) is 9.55 Å². The van der Waals surface area contributed by atoms with Crippen LogP contribution in [0.15, 0.2) is 42.5 Å². The van der Waals surface area contributed by atoms with Gasteiger partial charge in [-0.1, -0.05) is 43.6 Å². The Morgan fingerprint density at radius 3 is 2.64 bits per heavy atom. The Balaban J connectivity index is 2.12. The molecule has 0 bridgehead atoms. The Bertz CT molecular complexity index is 788. The number of nitrogens with zero attached hydrogens (tertiary/aromatic N) is 2. The number of halogens is 2. The van der Waals surface area contributed by atoms with Gasteiger partial charge in [0.25, 0.3) is 0 Å². The van der Waals surface area contributed by atoms with Crippen molar-refractivity contribution in [1.82, 2.24) is 9.55 Å². The van der Waals surface area contributed by atoms with Crippen LogP contribution in [0.4, 0.5) is 4.39 Å². The molecule has 0 amide bonds. The van der Waals surface area contributed by atoms with Crippen molar-refractivity contribution in [3.05, 3.63) is 64.7 Å². The predicted molar refractivity (Wildman–Crippen MR) is 88.8 cm³/mol. The number of fused-ring (bicyclic) bond motifs is 1. The highest BCUT2D eigenvalue weighted by molar-refractivity contribution is 6.31. The fraction of sp³-hybridized carbons (Fsp3) is 0.278. The van der Waals surface area contributed by atoms with Crippen LogP contribution in [0.25, 0.3) is 11.0 Å². The largest absolute Gasteiger partial charge is 0.323 e. The summed E-state index contributed by atoms with van der Waals surface area (Å²) in [6.45, 7) is 4.70. The zero-order chi connectivity index (χ0) is 15.7. The van der Waals surface area contributed by atoms with Crippen LogP contribution in [0.2, 0.25) is 5.02 Å². The van der Waals surface area contributed by atoms with E-state index in [0.29, 0.717) is 23.0 Å². The van der Waals surface area contributed by atoms with E-state index >= 15 is 0 Å². The van der Waals surface area contributed by atoms with E-state index in [1.54, 1.807) is 12.1 Å². The summed E-state index contributed by atoms with van der Waals surface area (Å²) < 4.78 is 16.2. The number of hydrogen-bond donors (Lipinski definition) is 0. The topological polar surface area (TPSA) is 17.8 Å². The Kier molecular flexibility index (Phi) is 4.16. The van der Waals surface area contributed by atoms with Crippen LogP contribution < -0.4 is 0 Å². The van der Waals surface area contributed by atoms with E-state index in [1.807, 2.05) is 24.3 Å². The van der Waals surface area contributed by atoms with Crippen molar-refractivity contribution in [3.8, 4) is 0 Å². The second-order valence-corrected chi connectivity index (χ2v) is 6.31. The Labute approximate surface area is 134 Å². The van der Waals surface area contributed by atoms with Gasteiger partial charge >= 0.3 is 0 Å². The van der Waals surface area contributed by atoms with Crippen molar-refractivity contribution < 1.29 is 4.39 Å². The highest BCUT2D eigenvalue weighted by atomic mass is 35.5. The van der Waals surface area contributed by atoms with Crippen LogP contribution in [0.3, 0.4) is 0 Å². The van der Waals surface area contributed by atoms with Gasteiger partial charge in [0.2, 0.25) is 0 Å². The molecule has 0 N–H and O–H groups in total. The standard InChI is InChI=1S/C18H18ClFN2/c1-12(2)10-18-21-16-8-3-4-9-17(16)22(18)11-13-14(19)6-5-7-15(13)20/h3-9,12H,10-11H2,1-2H3. The van der Waals surface area contributed by atoms with Crippen LogP contribution in [0.1, 0.15) is 25.2 Å². The molecule has 0 aliphatic carbocycles. The monoisotopic (exact) mass is 316 g/mol. The van der Waals surface area contributed by atoms with Crippen molar-refractivity contribution in [1.29, 1.82) is 0 Å². The summed E-state index contributed by atoms with van der Waals surface area (Å²) in [6.07, 6.45) is 0.848. The van der Waals surface area contributed by atoms with Gasteiger partial charge < -0.3 is 4.57 Å². The molecule has 3 rings (SSSR count). The molecule has 4 heteroatoms. The van der Waals surface area contributed by atoms with E-state index in [2.05, 4.69) is 18.4 Å². The van der Waals surface area contributed by atoms with Crippen molar-refractivity contribution >= 4 is 22.6 Å². The lowest BCUT2D eigenvalue weighted by Gasteiger charge is -2.12. The first kappa shape index (κ1) is 15.0. The van der Waals surface area contributed by atoms with Crippen LogP contribution in [0, 0.1) is 11.7 Å². The second kappa shape index (κ2) is 6.09. The number of rotatable bonds is 4. The lowest BCUT2D eigenvalue weighted by atomic mass is 10.1. The summed E-state index contributed by atoms with van der Waals surface area (Å²) in [5, 5.41) is 0.452. The fourth-order valence-corrected chi connectivity index (χ4v) is 2.89. The van der Waals surface area contributed by atoms with Crippen LogP contribution >= 0.6 is 11.6 Å². The molecule has 1 heterocycles. The van der Waals surface area contributed by atoms with Gasteiger partial charge in [0.15, 0.2) is 0 Å². The average Bonchev–Trinajstić information content (AvgIpc) is 2.80. The van der Waals surface area contributed by atoms with Crippen LogP contribution in [0.5, 0.6) is 0 Å². The average molecular weight is 317 g/mol. The smallest absolute Gasteiger partial charge is 0.129 e. The van der Waals surface area contributed by atoms with E-state index in [-0.39, 0.29) is 5.82 Å². The maximum atomic E-state index is 14.1. The molecule has 22 heavy (non-hydrogen) atoms. The number of imidazole rings is 1. The summed E-state index contributed by atoms with van der Waals surface area (Å²) in [5.41, 5.74) is 2.46. The van der Waals surface area contributed by atoms with E-state index in [9.17, 15) is 4.39 Å². The predicted octanol–water partition coefficient (Wildman–Crippen LogP) is 5.08. The van der Waals surface area contributed by atoms with Gasteiger partial charge in [-0.3, -0.25) is 0 Å². The molecule has 0 atom stereocenters. The molecule has 0 radical (unpaired) electrons. The van der Waals surface area contributed by atoms with Crippen molar-refractivity contribution in [3.63, 3.8) is 0 Å². The first-order valence-electron chi connectivity index (χ1n) is 7.43. The van der Waals surface area contributed by atoms with Gasteiger partial charge in [-0.15, -0.1) is 0 Å². The molecule has 0 fully saturated rings. The molecule has 2 nitrogen and oxygen atoms in total. The highest BCUT2D eigenvalue weighted by Gasteiger charge is 2.15. The van der Waals surface area contributed by atoms with E-state index in [4.69, 9.17) is 16.6 Å². The first-order chi connectivity index (χ1) is 10.6. The molecule has 0 spiro atoms. The van der Waals surface area contributed by atoms with E-state index < -0.39 is 0 Å². The minimum absolute atomic E-state index is 0.277. The Morgan fingerprint density at radius 2 is 1.91 bits per heavy atom. The van der Waals surface area contributed by atoms with Crippen molar-refractivity contribution in [2.45, 2.75) is 26.8 Å². The molecule has 3 aromatic rings. The zero-order valence-electron chi connectivity index (χ0n) is 12.7. The van der Waals surface area contributed by atoms with Crippen molar-refractivity contribution in [2.75, 3.05) is 0 Å². The summed E-state index contributed by atoms with van der Waals surface area (Å²) in [6, 6.07) is 12.7. The third-order valence-electron chi connectivity index (χ3n) is 3.70. The lowest BCUT2D eigenvalue weighted by Crippen LogP contribution is -2.09. The first-order valence-corrected chi connectivity index (χ1v) is 7.81. The maximum absolute atomic E-state index is 14.1. The van der Waals surface area contributed by atoms with Gasteiger partial charge in [0.1, 0.15) is 11.6 Å². The molecule has 0 aliphatic heterocycles. The summed E-state index contributed by atoms with van der Waals surface area (Å²) in [5.74, 6) is 1.17. The Hall–Kier alpha value is -1.87. The molecule has 114 valence electrons. The Morgan fingerprint density at radius 1 is 1.14 bits per heavy atom. The van der Waals surface area contributed by atoms with E-state index in [0.717, 1.165) is 23.3 Å². The molecule has 2 aromatic carbocycles. The molecular formula is C18H18ClFN2. The minimum atomic E-state index is -0.277. The van der Waals surface area contributed by atoms with Gasteiger partial charge in [-0.2, -0.15) is 0 Å². The maximum Gasteiger partial charge on any atom is 0.129 e. The van der Waals surface area contributed by atoms with Gasteiger partial charge in [-0.05, 0) is 30.2 Å². The number of para-hydroxylation sites is 2. The summed E-state index contributed by atoms with van der Waals surface area (Å²) in [7, 11) is 0. The van der Waals surface area contributed by atoms with E-state index in [1.165, 1.54) is 6.07 Å². The molecule has 0 saturated heterocycles. The molecule has 0 unspecified atom stereocenters. The zero-order valence-corrected chi connectivity index (χ0v) is 13.4. The molecule has 0 aliphatic rings. The van der Waals surface area contributed by atoms with Gasteiger partial charge in [-0.25, -0.2) is 9.37 Å². The van der Waals surface area contributed by atoms with Crippen LogP contribution in [-0.2, 0) is 13.0 Å². The SMILES string of the molecule is CC(C)Cc1nc2ccccc2n1Cc1c(F)cccc1Cl. The molecular weight excluding hydrogens is 299 g/mol. The minimum Gasteiger partial charge on any atom is -0.323 e. The second-order valence-electron chi connectivity index (χ2n) is 5.90. The summed E-state index contributed by atoms with van der Waals surface area (Å²) >= 11 is 6.18. The number of aromatic nitrogens is 2. The van der Waals surface area contributed by atoms with Gasteiger partial charge in [0.05, 0.1) is 17.6 Å². The molecule has 1 aromatic heterocycles. The molecule has 0 saturated carbocycles. The third-order valence-corrected chi connectivity index (χ3v) is 4.06.